The molecule has 1 aliphatic rings. The average molecular weight is 449 g/mol. The first-order valence-electron chi connectivity index (χ1n) is 10.5. The van der Waals surface area contributed by atoms with E-state index in [1.807, 2.05) is 49.1 Å². The number of nitrogens with zero attached hydrogens (tertiary/aromatic N) is 3. The van der Waals surface area contributed by atoms with E-state index in [0.29, 0.717) is 45.0 Å². The molecule has 0 saturated carbocycles. The summed E-state index contributed by atoms with van der Waals surface area (Å²) in [5, 5.41) is 2.86. The van der Waals surface area contributed by atoms with Gasteiger partial charge in [-0.3, -0.25) is 9.69 Å². The molecule has 1 saturated heterocycles. The molecule has 2 aromatic carbocycles. The normalized spacial score (nSPS) is 16.9. The highest BCUT2D eigenvalue weighted by molar-refractivity contribution is 7.86. The van der Waals surface area contributed by atoms with Crippen LogP contribution in [0.1, 0.15) is 25.5 Å². The Hall–Kier alpha value is -2.33. The van der Waals surface area contributed by atoms with Crippen molar-refractivity contribution in [3.8, 4) is 0 Å². The molecule has 1 heterocycles. The molecule has 9 heteroatoms. The second-order valence-corrected chi connectivity index (χ2v) is 9.26. The maximum absolute atomic E-state index is 13.2. The quantitative estimate of drug-likeness (QED) is 0.674. The smallest absolute Gasteiger partial charge is 0.282 e. The van der Waals surface area contributed by atoms with Crippen molar-refractivity contribution in [1.82, 2.24) is 13.5 Å². The van der Waals surface area contributed by atoms with Crippen LogP contribution in [0.3, 0.4) is 0 Å². The number of hydrogen-bond acceptors (Lipinski definition) is 4. The Bertz CT molecular complexity index is 958. The Kier molecular flexibility index (Phi) is 7.77. The van der Waals surface area contributed by atoms with Gasteiger partial charge >= 0.3 is 0 Å². The van der Waals surface area contributed by atoms with E-state index in [-0.39, 0.29) is 11.7 Å². The van der Waals surface area contributed by atoms with Gasteiger partial charge in [0, 0.05) is 45.0 Å². The predicted octanol–water partition coefficient (Wildman–Crippen LogP) is 2.71. The van der Waals surface area contributed by atoms with Crippen molar-refractivity contribution in [3.63, 3.8) is 0 Å². The SMILES string of the molecule is CCN(CC)S(=O)(=O)N1CCN(C(C(=O)Nc2ccc(F)cc2)c2ccccc2)CC1. The molecule has 0 radical (unpaired) electrons. The minimum Gasteiger partial charge on any atom is -0.324 e. The van der Waals surface area contributed by atoms with E-state index in [0.717, 1.165) is 5.56 Å². The summed E-state index contributed by atoms with van der Waals surface area (Å²) < 4.78 is 41.8. The van der Waals surface area contributed by atoms with E-state index in [4.69, 9.17) is 0 Å². The lowest BCUT2D eigenvalue weighted by Gasteiger charge is -2.39. The van der Waals surface area contributed by atoms with Crippen LogP contribution in [0.4, 0.5) is 10.1 Å². The highest BCUT2D eigenvalue weighted by atomic mass is 32.2. The fourth-order valence-corrected chi connectivity index (χ4v) is 5.42. The number of nitrogens with one attached hydrogen (secondary N) is 1. The molecule has 1 unspecified atom stereocenters. The summed E-state index contributed by atoms with van der Waals surface area (Å²) in [6.07, 6.45) is 0. The molecular formula is C22H29FN4O3S. The van der Waals surface area contributed by atoms with Crippen molar-refractivity contribution >= 4 is 21.8 Å². The summed E-state index contributed by atoms with van der Waals surface area (Å²) in [5.74, 6) is -0.610. The fraction of sp³-hybridized carbons (Fsp3) is 0.409. The van der Waals surface area contributed by atoms with Gasteiger partial charge in [0.05, 0.1) is 0 Å². The van der Waals surface area contributed by atoms with Crippen LogP contribution in [0.15, 0.2) is 54.6 Å². The topological polar surface area (TPSA) is 73.0 Å². The third-order valence-electron chi connectivity index (χ3n) is 5.47. The summed E-state index contributed by atoms with van der Waals surface area (Å²) in [6, 6.07) is 14.4. The number of hydrogen-bond donors (Lipinski definition) is 1. The summed E-state index contributed by atoms with van der Waals surface area (Å²) in [4.78, 5) is 15.2. The summed E-state index contributed by atoms with van der Waals surface area (Å²) >= 11 is 0. The third kappa shape index (κ3) is 5.48. The van der Waals surface area contributed by atoms with Crippen molar-refractivity contribution in [2.45, 2.75) is 19.9 Å². The molecule has 1 atom stereocenters. The van der Waals surface area contributed by atoms with E-state index in [2.05, 4.69) is 5.32 Å². The second kappa shape index (κ2) is 10.3. The monoisotopic (exact) mass is 448 g/mol. The first kappa shape index (κ1) is 23.3. The Morgan fingerprint density at radius 3 is 2.13 bits per heavy atom. The average Bonchev–Trinajstić information content (AvgIpc) is 2.77. The Labute approximate surface area is 183 Å². The second-order valence-electron chi connectivity index (χ2n) is 7.34. The van der Waals surface area contributed by atoms with Gasteiger partial charge in [-0.15, -0.1) is 0 Å². The van der Waals surface area contributed by atoms with Gasteiger partial charge in [-0.25, -0.2) is 4.39 Å². The van der Waals surface area contributed by atoms with Gasteiger partial charge < -0.3 is 5.32 Å². The molecule has 7 nitrogen and oxygen atoms in total. The van der Waals surface area contributed by atoms with Gasteiger partial charge in [0.1, 0.15) is 11.9 Å². The fourth-order valence-electron chi connectivity index (χ4n) is 3.81. The molecule has 0 aliphatic carbocycles. The number of carbonyl (C=O) groups is 1. The van der Waals surface area contributed by atoms with Crippen LogP contribution in [0, 0.1) is 5.82 Å². The lowest BCUT2D eigenvalue weighted by atomic mass is 10.0. The summed E-state index contributed by atoms with van der Waals surface area (Å²) in [5.41, 5.74) is 1.33. The number of rotatable bonds is 8. The van der Waals surface area contributed by atoms with Crippen molar-refractivity contribution in [2.24, 2.45) is 0 Å². The molecule has 168 valence electrons. The highest BCUT2D eigenvalue weighted by Crippen LogP contribution is 2.25. The van der Waals surface area contributed by atoms with Crippen LogP contribution in [0.25, 0.3) is 0 Å². The largest absolute Gasteiger partial charge is 0.324 e. The highest BCUT2D eigenvalue weighted by Gasteiger charge is 2.35. The van der Waals surface area contributed by atoms with Crippen LogP contribution < -0.4 is 5.32 Å². The van der Waals surface area contributed by atoms with E-state index in [1.54, 1.807) is 0 Å². The number of halogens is 1. The van der Waals surface area contributed by atoms with Crippen LogP contribution in [-0.2, 0) is 15.0 Å². The van der Waals surface area contributed by atoms with Gasteiger partial charge in [0.25, 0.3) is 10.2 Å². The van der Waals surface area contributed by atoms with Crippen LogP contribution >= 0.6 is 0 Å². The van der Waals surface area contributed by atoms with E-state index in [9.17, 15) is 17.6 Å². The molecule has 0 spiro atoms. The summed E-state index contributed by atoms with van der Waals surface area (Å²) in [6.45, 7) is 5.97. The number of amides is 1. The summed E-state index contributed by atoms with van der Waals surface area (Å²) in [7, 11) is -3.51. The zero-order chi connectivity index (χ0) is 22.4. The van der Waals surface area contributed by atoms with Gasteiger partial charge in [0.15, 0.2) is 0 Å². The van der Waals surface area contributed by atoms with E-state index < -0.39 is 16.3 Å². The minimum atomic E-state index is -3.51. The first-order valence-corrected chi connectivity index (χ1v) is 11.9. The zero-order valence-electron chi connectivity index (χ0n) is 17.9. The maximum atomic E-state index is 13.2. The molecule has 1 fully saturated rings. The van der Waals surface area contributed by atoms with Gasteiger partial charge in [0.2, 0.25) is 5.91 Å². The molecule has 3 rings (SSSR count). The van der Waals surface area contributed by atoms with E-state index in [1.165, 1.54) is 32.9 Å². The third-order valence-corrected chi connectivity index (χ3v) is 7.66. The Balaban J connectivity index is 1.77. The van der Waals surface area contributed by atoms with Gasteiger partial charge in [-0.1, -0.05) is 44.2 Å². The molecular weight excluding hydrogens is 419 g/mol. The Morgan fingerprint density at radius 1 is 1.00 bits per heavy atom. The first-order chi connectivity index (χ1) is 14.9. The van der Waals surface area contributed by atoms with Crippen molar-refractivity contribution in [1.29, 1.82) is 0 Å². The molecule has 1 amide bonds. The van der Waals surface area contributed by atoms with Crippen LogP contribution in [0.2, 0.25) is 0 Å². The number of carbonyl (C=O) groups excluding carboxylic acids is 1. The molecule has 1 aliphatic heterocycles. The molecule has 2 aromatic rings. The predicted molar refractivity (Wildman–Crippen MR) is 119 cm³/mol. The van der Waals surface area contributed by atoms with Gasteiger partial charge in [-0.2, -0.15) is 17.0 Å². The lowest BCUT2D eigenvalue weighted by Crippen LogP contribution is -2.54. The molecule has 0 aromatic heterocycles. The zero-order valence-corrected chi connectivity index (χ0v) is 18.7. The molecule has 31 heavy (non-hydrogen) atoms. The standard InChI is InChI=1S/C22H29FN4O3S/c1-3-26(4-2)31(29,30)27-16-14-25(15-17-27)21(18-8-6-5-7-9-18)22(28)24-20-12-10-19(23)11-13-20/h5-13,21H,3-4,14-17H2,1-2H3,(H,24,28). The van der Waals surface area contributed by atoms with Crippen molar-refractivity contribution in [3.05, 3.63) is 66.0 Å². The lowest BCUT2D eigenvalue weighted by molar-refractivity contribution is -0.122. The maximum Gasteiger partial charge on any atom is 0.282 e. The number of benzene rings is 2. The molecule has 0 bridgehead atoms. The van der Waals surface area contributed by atoms with E-state index >= 15 is 0 Å². The van der Waals surface area contributed by atoms with Gasteiger partial charge in [-0.05, 0) is 29.8 Å². The van der Waals surface area contributed by atoms with Crippen LogP contribution in [-0.4, -0.2) is 67.1 Å². The minimum absolute atomic E-state index is 0.238. The molecule has 1 N–H and O–H groups in total. The van der Waals surface area contributed by atoms with Crippen LogP contribution in [0.5, 0.6) is 0 Å². The number of piperazine rings is 1. The Morgan fingerprint density at radius 2 is 1.58 bits per heavy atom. The van der Waals surface area contributed by atoms with Crippen molar-refractivity contribution in [2.75, 3.05) is 44.6 Å². The van der Waals surface area contributed by atoms with Crippen molar-refractivity contribution < 1.29 is 17.6 Å². The number of anilines is 1.